The van der Waals surface area contributed by atoms with Crippen LogP contribution in [0.4, 0.5) is 5.82 Å². The highest BCUT2D eigenvalue weighted by atomic mass is 32.2. The van der Waals surface area contributed by atoms with Crippen molar-refractivity contribution in [1.29, 1.82) is 0 Å². The van der Waals surface area contributed by atoms with Crippen LogP contribution < -0.4 is 10.0 Å². The van der Waals surface area contributed by atoms with Gasteiger partial charge in [0.15, 0.2) is 0 Å². The fraction of sp³-hybridized carbons (Fsp3) is 0.0667. The number of nitrogens with one attached hydrogen (secondary N) is 3. The molecule has 3 rings (SSSR count). The minimum Gasteiger partial charge on any atom is -0.309 e. The Kier molecular flexibility index (Phi) is 4.74. The second kappa shape index (κ2) is 6.95. The summed E-state index contributed by atoms with van der Waals surface area (Å²) in [4.78, 5) is 12.0. The molecule has 0 spiro atoms. The third-order valence-electron chi connectivity index (χ3n) is 3.17. The van der Waals surface area contributed by atoms with Gasteiger partial charge in [0.25, 0.3) is 10.0 Å². The molecule has 0 aliphatic heterocycles. The van der Waals surface area contributed by atoms with E-state index in [0.717, 1.165) is 22.5 Å². The van der Waals surface area contributed by atoms with Crippen LogP contribution in [0.5, 0.6) is 0 Å². The molecular formula is C15H14N4O3S2. The van der Waals surface area contributed by atoms with Crippen LogP contribution in [0, 0.1) is 0 Å². The van der Waals surface area contributed by atoms with Gasteiger partial charge in [-0.05, 0) is 17.0 Å². The van der Waals surface area contributed by atoms with E-state index in [0.29, 0.717) is 5.82 Å². The lowest BCUT2D eigenvalue weighted by Gasteiger charge is -2.07. The van der Waals surface area contributed by atoms with Crippen LogP contribution in [0.2, 0.25) is 0 Å². The molecule has 1 aromatic carbocycles. The fourth-order valence-corrected chi connectivity index (χ4v) is 4.07. The highest BCUT2D eigenvalue weighted by molar-refractivity contribution is 7.91. The lowest BCUT2D eigenvalue weighted by Crippen LogP contribution is -2.32. The number of thiophene rings is 1. The molecule has 2 heterocycles. The topological polar surface area (TPSA) is 104 Å². The molecule has 7 nitrogen and oxygen atoms in total. The van der Waals surface area contributed by atoms with Crippen LogP contribution in [-0.2, 0) is 14.8 Å². The number of hydrogen-bond donors (Lipinski definition) is 3. The summed E-state index contributed by atoms with van der Waals surface area (Å²) >= 11 is 1.09. The first-order valence-corrected chi connectivity index (χ1v) is 9.34. The summed E-state index contributed by atoms with van der Waals surface area (Å²) in [5, 5.41) is 10.9. The van der Waals surface area contributed by atoms with E-state index in [9.17, 15) is 13.2 Å². The molecule has 0 fully saturated rings. The number of H-pyrrole nitrogens is 1. The number of hydrogen-bond acceptors (Lipinski definition) is 5. The van der Waals surface area contributed by atoms with Gasteiger partial charge in [0.2, 0.25) is 5.91 Å². The van der Waals surface area contributed by atoms with Gasteiger partial charge in [-0.2, -0.15) is 5.10 Å². The van der Waals surface area contributed by atoms with E-state index in [2.05, 4.69) is 20.2 Å². The van der Waals surface area contributed by atoms with Gasteiger partial charge in [0.1, 0.15) is 10.0 Å². The Labute approximate surface area is 142 Å². The predicted octanol–water partition coefficient (Wildman–Crippen LogP) is 2.06. The third kappa shape index (κ3) is 3.70. The molecule has 0 aliphatic carbocycles. The van der Waals surface area contributed by atoms with Gasteiger partial charge in [-0.3, -0.25) is 9.89 Å². The first-order chi connectivity index (χ1) is 11.6. The molecular weight excluding hydrogens is 348 g/mol. The second-order valence-electron chi connectivity index (χ2n) is 4.83. The standard InChI is InChI=1S/C15H14N4O3S2/c20-13(10-17-24(21,22)14-7-4-8-23-14)18-15-12(9-16-19-15)11-5-2-1-3-6-11/h1-9,17H,10H2,(H2,16,18,19,20). The van der Waals surface area contributed by atoms with Crippen molar-refractivity contribution in [2.24, 2.45) is 0 Å². The van der Waals surface area contributed by atoms with Crippen molar-refractivity contribution < 1.29 is 13.2 Å². The van der Waals surface area contributed by atoms with Gasteiger partial charge in [-0.25, -0.2) is 13.1 Å². The number of carbonyl (C=O) groups is 1. The van der Waals surface area contributed by atoms with Crippen LogP contribution in [0.25, 0.3) is 11.1 Å². The van der Waals surface area contributed by atoms with E-state index in [1.54, 1.807) is 17.6 Å². The number of aromatic amines is 1. The molecule has 0 unspecified atom stereocenters. The highest BCUT2D eigenvalue weighted by Crippen LogP contribution is 2.25. The number of rotatable bonds is 6. The van der Waals surface area contributed by atoms with Crippen molar-refractivity contribution in [3.8, 4) is 11.1 Å². The van der Waals surface area contributed by atoms with Crippen molar-refractivity contribution in [3.63, 3.8) is 0 Å². The summed E-state index contributed by atoms with van der Waals surface area (Å²) in [5.74, 6) is -0.0712. The van der Waals surface area contributed by atoms with Crippen LogP contribution in [-0.4, -0.2) is 31.1 Å². The van der Waals surface area contributed by atoms with Crippen molar-refractivity contribution in [1.82, 2.24) is 14.9 Å². The van der Waals surface area contributed by atoms with E-state index in [1.165, 1.54) is 6.07 Å². The monoisotopic (exact) mass is 362 g/mol. The second-order valence-corrected chi connectivity index (χ2v) is 7.77. The zero-order valence-corrected chi connectivity index (χ0v) is 14.0. The van der Waals surface area contributed by atoms with Gasteiger partial charge < -0.3 is 5.32 Å². The highest BCUT2D eigenvalue weighted by Gasteiger charge is 2.17. The summed E-state index contributed by atoms with van der Waals surface area (Å²) < 4.78 is 26.4. The summed E-state index contributed by atoms with van der Waals surface area (Å²) in [6.07, 6.45) is 1.60. The SMILES string of the molecule is O=C(CNS(=O)(=O)c1cccs1)Nc1[nH]ncc1-c1ccccc1. The Morgan fingerprint density at radius 1 is 1.17 bits per heavy atom. The maximum absolute atomic E-state index is 12.0. The zero-order valence-electron chi connectivity index (χ0n) is 12.4. The van der Waals surface area contributed by atoms with E-state index in [4.69, 9.17) is 0 Å². The number of aromatic nitrogens is 2. The van der Waals surface area contributed by atoms with E-state index in [1.807, 2.05) is 30.3 Å². The minimum absolute atomic E-state index is 0.168. The maximum atomic E-state index is 12.0. The molecule has 3 N–H and O–H groups in total. The van der Waals surface area contributed by atoms with Gasteiger partial charge >= 0.3 is 0 Å². The average molecular weight is 362 g/mol. The predicted molar refractivity (Wildman–Crippen MR) is 92.2 cm³/mol. The Bertz CT molecular complexity index is 919. The van der Waals surface area contributed by atoms with E-state index >= 15 is 0 Å². The smallest absolute Gasteiger partial charge is 0.250 e. The van der Waals surface area contributed by atoms with Crippen LogP contribution in [0.15, 0.2) is 58.3 Å². The molecule has 0 saturated heterocycles. The van der Waals surface area contributed by atoms with Gasteiger partial charge in [-0.15, -0.1) is 11.3 Å². The number of nitrogens with zero attached hydrogens (tertiary/aromatic N) is 1. The largest absolute Gasteiger partial charge is 0.309 e. The molecule has 3 aromatic rings. The van der Waals surface area contributed by atoms with Gasteiger partial charge in [0, 0.05) is 5.56 Å². The third-order valence-corrected chi connectivity index (χ3v) is 5.97. The quantitative estimate of drug-likeness (QED) is 0.624. The number of anilines is 1. The summed E-state index contributed by atoms with van der Waals surface area (Å²) in [7, 11) is -3.67. The van der Waals surface area contributed by atoms with Crippen LogP contribution in [0.1, 0.15) is 0 Å². The minimum atomic E-state index is -3.67. The molecule has 0 saturated carbocycles. The molecule has 124 valence electrons. The summed E-state index contributed by atoms with van der Waals surface area (Å²) in [5.41, 5.74) is 1.62. The molecule has 0 atom stereocenters. The number of benzene rings is 1. The normalized spacial score (nSPS) is 11.3. The van der Waals surface area contributed by atoms with Crippen molar-refractivity contribution in [3.05, 3.63) is 54.0 Å². The Hall–Kier alpha value is -2.49. The molecule has 0 radical (unpaired) electrons. The van der Waals surface area contributed by atoms with Crippen molar-refractivity contribution in [2.45, 2.75) is 4.21 Å². The van der Waals surface area contributed by atoms with E-state index < -0.39 is 15.9 Å². The van der Waals surface area contributed by atoms with Gasteiger partial charge in [-0.1, -0.05) is 36.4 Å². The first-order valence-electron chi connectivity index (χ1n) is 6.98. The van der Waals surface area contributed by atoms with Crippen molar-refractivity contribution >= 4 is 33.1 Å². The maximum Gasteiger partial charge on any atom is 0.250 e. The van der Waals surface area contributed by atoms with Crippen LogP contribution in [0.3, 0.4) is 0 Å². The van der Waals surface area contributed by atoms with Crippen molar-refractivity contribution in [2.75, 3.05) is 11.9 Å². The Morgan fingerprint density at radius 2 is 1.96 bits per heavy atom. The molecule has 0 aliphatic rings. The molecule has 2 aromatic heterocycles. The average Bonchev–Trinajstić information content (AvgIpc) is 3.26. The Balaban J connectivity index is 1.66. The number of carbonyl (C=O) groups excluding carboxylic acids is 1. The summed E-state index contributed by atoms with van der Waals surface area (Å²) in [6, 6.07) is 12.5. The zero-order chi connectivity index (χ0) is 17.0. The van der Waals surface area contributed by atoms with Gasteiger partial charge in [0.05, 0.1) is 12.7 Å². The number of sulfonamides is 1. The summed E-state index contributed by atoms with van der Waals surface area (Å²) in [6.45, 7) is -0.368. The lowest BCUT2D eigenvalue weighted by molar-refractivity contribution is -0.115. The number of amides is 1. The molecule has 1 amide bonds. The molecule has 0 bridgehead atoms. The fourth-order valence-electron chi connectivity index (χ4n) is 2.05. The van der Waals surface area contributed by atoms with E-state index in [-0.39, 0.29) is 10.8 Å². The Morgan fingerprint density at radius 3 is 2.67 bits per heavy atom. The van der Waals surface area contributed by atoms with Crippen LogP contribution >= 0.6 is 11.3 Å². The molecule has 24 heavy (non-hydrogen) atoms. The molecule has 9 heteroatoms. The first kappa shape index (κ1) is 16.4. The lowest BCUT2D eigenvalue weighted by atomic mass is 10.1.